The molecule has 0 amide bonds. The van der Waals surface area contributed by atoms with Crippen molar-refractivity contribution in [2.45, 2.75) is 45.4 Å². The van der Waals surface area contributed by atoms with Gasteiger partial charge in [-0.15, -0.1) is 0 Å². The van der Waals surface area contributed by atoms with Gasteiger partial charge in [0.05, 0.1) is 0 Å². The highest BCUT2D eigenvalue weighted by Gasteiger charge is 2.20. The van der Waals surface area contributed by atoms with Crippen LogP contribution in [0.3, 0.4) is 0 Å². The smallest absolute Gasteiger partial charge is 0.194 e. The van der Waals surface area contributed by atoms with E-state index in [1.807, 2.05) is 0 Å². The molecule has 1 aliphatic carbocycles. The van der Waals surface area contributed by atoms with Crippen molar-refractivity contribution in [1.82, 2.24) is 0 Å². The summed E-state index contributed by atoms with van der Waals surface area (Å²) in [5.74, 6) is -4.65. The molecule has 25 heavy (non-hydrogen) atoms. The quantitative estimate of drug-likeness (QED) is 0.250. The van der Waals surface area contributed by atoms with Crippen LogP contribution in [0.5, 0.6) is 0 Å². The molecule has 0 N–H and O–H groups in total. The molecule has 0 atom stereocenters. The van der Waals surface area contributed by atoms with Crippen molar-refractivity contribution in [2.24, 2.45) is 0 Å². The second-order valence-electron chi connectivity index (χ2n) is 6.52. The Bertz CT molecular complexity index is 798. The van der Waals surface area contributed by atoms with Gasteiger partial charge in [0, 0.05) is 5.56 Å². The highest BCUT2D eigenvalue weighted by Crippen LogP contribution is 2.33. The number of rotatable bonds is 5. The summed E-state index contributed by atoms with van der Waals surface area (Å²) in [6, 6.07) is 4.99. The summed E-state index contributed by atoms with van der Waals surface area (Å²) in [5.41, 5.74) is 2.89. The van der Waals surface area contributed by atoms with Crippen molar-refractivity contribution in [1.29, 1.82) is 0 Å². The molecule has 0 unspecified atom stereocenters. The van der Waals surface area contributed by atoms with E-state index in [9.17, 15) is 17.6 Å². The van der Waals surface area contributed by atoms with Crippen LogP contribution in [0, 0.1) is 23.3 Å². The summed E-state index contributed by atoms with van der Waals surface area (Å²) in [5, 5.41) is 0. The Labute approximate surface area is 145 Å². The van der Waals surface area contributed by atoms with Crippen LogP contribution in [-0.2, 0) is 12.8 Å². The van der Waals surface area contributed by atoms with Crippen molar-refractivity contribution in [2.75, 3.05) is 0 Å². The number of benzene rings is 2. The van der Waals surface area contributed by atoms with E-state index < -0.39 is 23.3 Å². The average molecular weight is 348 g/mol. The molecule has 2 aromatic rings. The third-order valence-electron chi connectivity index (χ3n) is 4.75. The molecule has 0 nitrogen and oxygen atoms in total. The molecule has 0 heterocycles. The first-order chi connectivity index (χ1) is 12.0. The van der Waals surface area contributed by atoms with Crippen LogP contribution in [0.4, 0.5) is 17.6 Å². The van der Waals surface area contributed by atoms with Gasteiger partial charge in [0.2, 0.25) is 0 Å². The summed E-state index contributed by atoms with van der Waals surface area (Å²) in [4.78, 5) is 0. The van der Waals surface area contributed by atoms with Crippen molar-refractivity contribution >= 4 is 0 Å². The highest BCUT2D eigenvalue weighted by molar-refractivity contribution is 5.67. The maximum atomic E-state index is 14.9. The van der Waals surface area contributed by atoms with Crippen LogP contribution in [0.2, 0.25) is 0 Å². The maximum absolute atomic E-state index is 14.9. The minimum atomic E-state index is -1.54. The Morgan fingerprint density at radius 1 is 0.920 bits per heavy atom. The van der Waals surface area contributed by atoms with Crippen molar-refractivity contribution in [3.8, 4) is 11.1 Å². The van der Waals surface area contributed by atoms with E-state index in [2.05, 4.69) is 13.0 Å². The zero-order valence-electron chi connectivity index (χ0n) is 14.1. The van der Waals surface area contributed by atoms with Crippen molar-refractivity contribution < 1.29 is 17.6 Å². The molecule has 0 saturated heterocycles. The molecule has 0 saturated carbocycles. The molecule has 4 heteroatoms. The standard InChI is InChI=1S/C21H20F4/c1-2-3-4-5-13-6-8-16-14(10-13)7-9-17(20(16)24)15-11-18(22)21(25)19(23)12-15/h6-7,9,11-12H,2-5,8,10H2,1H3. The molecule has 0 aromatic heterocycles. The van der Waals surface area contributed by atoms with Crippen LogP contribution in [0.15, 0.2) is 35.9 Å². The Kier molecular flexibility index (Phi) is 5.26. The largest absolute Gasteiger partial charge is 0.206 e. The van der Waals surface area contributed by atoms with Gasteiger partial charge < -0.3 is 0 Å². The number of unbranched alkanes of at least 4 members (excludes halogenated alkanes) is 2. The normalized spacial score (nSPS) is 13.6. The Morgan fingerprint density at radius 2 is 1.64 bits per heavy atom. The van der Waals surface area contributed by atoms with E-state index in [0.717, 1.165) is 37.0 Å². The molecule has 132 valence electrons. The summed E-state index contributed by atoms with van der Waals surface area (Å²) in [6.07, 6.45) is 7.73. The van der Waals surface area contributed by atoms with Gasteiger partial charge >= 0.3 is 0 Å². The molecule has 0 spiro atoms. The lowest BCUT2D eigenvalue weighted by Gasteiger charge is -2.19. The second-order valence-corrected chi connectivity index (χ2v) is 6.52. The van der Waals surface area contributed by atoms with E-state index in [0.29, 0.717) is 18.4 Å². The molecular formula is C21H20F4. The lowest BCUT2D eigenvalue weighted by Crippen LogP contribution is -2.07. The zero-order chi connectivity index (χ0) is 18.0. The van der Waals surface area contributed by atoms with Gasteiger partial charge in [-0.3, -0.25) is 0 Å². The number of hydrogen-bond donors (Lipinski definition) is 0. The summed E-state index contributed by atoms with van der Waals surface area (Å²) >= 11 is 0. The lowest BCUT2D eigenvalue weighted by atomic mass is 9.86. The number of hydrogen-bond acceptors (Lipinski definition) is 0. The predicted molar refractivity (Wildman–Crippen MR) is 91.3 cm³/mol. The Balaban J connectivity index is 1.89. The number of halogens is 4. The van der Waals surface area contributed by atoms with Crippen LogP contribution < -0.4 is 0 Å². The fourth-order valence-corrected chi connectivity index (χ4v) is 3.34. The van der Waals surface area contributed by atoms with Gasteiger partial charge in [-0.05, 0) is 54.5 Å². The first-order valence-corrected chi connectivity index (χ1v) is 8.64. The van der Waals surface area contributed by atoms with Crippen LogP contribution in [0.1, 0.15) is 43.7 Å². The summed E-state index contributed by atoms with van der Waals surface area (Å²) in [6.45, 7) is 2.16. The minimum absolute atomic E-state index is 0.00872. The van der Waals surface area contributed by atoms with E-state index in [4.69, 9.17) is 0 Å². The first-order valence-electron chi connectivity index (χ1n) is 8.64. The molecule has 0 aliphatic heterocycles. The van der Waals surface area contributed by atoms with Gasteiger partial charge in [-0.25, -0.2) is 17.6 Å². The fraction of sp³-hybridized carbons (Fsp3) is 0.333. The number of allylic oxidation sites excluding steroid dienone is 2. The predicted octanol–water partition coefficient (Wildman–Crippen LogP) is 6.52. The van der Waals surface area contributed by atoms with Crippen LogP contribution in [0.25, 0.3) is 11.1 Å². The molecule has 0 radical (unpaired) electrons. The third-order valence-corrected chi connectivity index (χ3v) is 4.75. The molecule has 0 bridgehead atoms. The van der Waals surface area contributed by atoms with E-state index >= 15 is 0 Å². The van der Waals surface area contributed by atoms with E-state index in [1.54, 1.807) is 6.07 Å². The zero-order valence-corrected chi connectivity index (χ0v) is 14.1. The van der Waals surface area contributed by atoms with E-state index in [1.165, 1.54) is 18.1 Å². The fourth-order valence-electron chi connectivity index (χ4n) is 3.34. The Hall–Kier alpha value is -2.10. The van der Waals surface area contributed by atoms with Gasteiger partial charge in [0.1, 0.15) is 5.82 Å². The molecule has 1 aliphatic rings. The molecule has 0 fully saturated rings. The van der Waals surface area contributed by atoms with Gasteiger partial charge in [-0.1, -0.05) is 43.5 Å². The maximum Gasteiger partial charge on any atom is 0.194 e. The summed E-state index contributed by atoms with van der Waals surface area (Å²) in [7, 11) is 0. The van der Waals surface area contributed by atoms with Crippen LogP contribution >= 0.6 is 0 Å². The first kappa shape index (κ1) is 17.7. The topological polar surface area (TPSA) is 0 Å². The van der Waals surface area contributed by atoms with E-state index in [-0.39, 0.29) is 11.1 Å². The molecule has 2 aromatic carbocycles. The van der Waals surface area contributed by atoms with Gasteiger partial charge in [0.25, 0.3) is 0 Å². The van der Waals surface area contributed by atoms with Crippen molar-refractivity contribution in [3.05, 3.63) is 70.3 Å². The minimum Gasteiger partial charge on any atom is -0.206 e. The van der Waals surface area contributed by atoms with Gasteiger partial charge in [-0.2, -0.15) is 0 Å². The summed E-state index contributed by atoms with van der Waals surface area (Å²) < 4.78 is 54.9. The van der Waals surface area contributed by atoms with Crippen LogP contribution in [-0.4, -0.2) is 0 Å². The molecule has 3 rings (SSSR count). The number of fused-ring (bicyclic) bond motifs is 1. The second kappa shape index (κ2) is 7.42. The highest BCUT2D eigenvalue weighted by atomic mass is 19.2. The van der Waals surface area contributed by atoms with Gasteiger partial charge in [0.15, 0.2) is 17.5 Å². The monoisotopic (exact) mass is 348 g/mol. The molecular weight excluding hydrogens is 328 g/mol. The lowest BCUT2D eigenvalue weighted by molar-refractivity contribution is 0.447. The third kappa shape index (κ3) is 3.63. The average Bonchev–Trinajstić information content (AvgIpc) is 2.60. The SMILES string of the molecule is CCCCCC1=CCc2c(ccc(-c3cc(F)c(F)c(F)c3)c2F)C1. The van der Waals surface area contributed by atoms with Crippen molar-refractivity contribution in [3.63, 3.8) is 0 Å². The Morgan fingerprint density at radius 3 is 2.32 bits per heavy atom.